The number of rotatable bonds is 2. The normalized spacial score (nSPS) is 13.9. The van der Waals surface area contributed by atoms with Crippen molar-refractivity contribution in [1.29, 1.82) is 0 Å². The summed E-state index contributed by atoms with van der Waals surface area (Å²) in [5.74, 6) is -0.461. The first-order chi connectivity index (χ1) is 9.29. The number of ether oxygens (including phenoxy) is 1. The van der Waals surface area contributed by atoms with Gasteiger partial charge in [0.15, 0.2) is 0 Å². The van der Waals surface area contributed by atoms with Crippen molar-refractivity contribution in [2.45, 2.75) is 13.0 Å². The summed E-state index contributed by atoms with van der Waals surface area (Å²) in [6, 6.07) is 3.45. The number of nitrogens with zero attached hydrogens (tertiary/aromatic N) is 4. The standard InChI is InChI=1S/C12H13N5O2/c1-19-12(18)9-6-8(2-5-14-9)17-11-3-4-13-7-10(11)15-16-17/h2,5-6,13H,3-4,7H2,1H3. The van der Waals surface area contributed by atoms with Crippen molar-refractivity contribution in [2.24, 2.45) is 0 Å². The van der Waals surface area contributed by atoms with E-state index in [2.05, 4.69) is 25.3 Å². The second-order valence-corrected chi connectivity index (χ2v) is 4.21. The molecule has 1 aliphatic rings. The van der Waals surface area contributed by atoms with E-state index in [9.17, 15) is 4.79 Å². The van der Waals surface area contributed by atoms with Crippen LogP contribution in [-0.2, 0) is 17.7 Å². The molecule has 3 rings (SSSR count). The number of aromatic nitrogens is 4. The van der Waals surface area contributed by atoms with E-state index in [4.69, 9.17) is 0 Å². The predicted octanol–water partition coefficient (Wildman–Crippen LogP) is 0.0946. The Kier molecular flexibility index (Phi) is 2.96. The molecule has 0 atom stereocenters. The van der Waals surface area contributed by atoms with Gasteiger partial charge >= 0.3 is 5.97 Å². The minimum Gasteiger partial charge on any atom is -0.464 e. The van der Waals surface area contributed by atoms with Crippen molar-refractivity contribution in [2.75, 3.05) is 13.7 Å². The summed E-state index contributed by atoms with van der Waals surface area (Å²) in [6.45, 7) is 1.62. The van der Waals surface area contributed by atoms with E-state index < -0.39 is 5.97 Å². The summed E-state index contributed by atoms with van der Waals surface area (Å²) >= 11 is 0. The van der Waals surface area contributed by atoms with Crippen LogP contribution < -0.4 is 5.32 Å². The molecule has 0 saturated heterocycles. The predicted molar refractivity (Wildman–Crippen MR) is 65.9 cm³/mol. The molecule has 19 heavy (non-hydrogen) atoms. The Morgan fingerprint density at radius 1 is 1.53 bits per heavy atom. The zero-order valence-corrected chi connectivity index (χ0v) is 10.5. The van der Waals surface area contributed by atoms with Gasteiger partial charge in [-0.05, 0) is 12.1 Å². The lowest BCUT2D eigenvalue weighted by atomic mass is 10.2. The molecule has 7 nitrogen and oxygen atoms in total. The van der Waals surface area contributed by atoms with Crippen LogP contribution in [0.25, 0.3) is 5.69 Å². The number of hydrogen-bond acceptors (Lipinski definition) is 6. The highest BCUT2D eigenvalue weighted by atomic mass is 16.5. The Hall–Kier alpha value is -2.28. The molecule has 1 N–H and O–H groups in total. The molecule has 3 heterocycles. The molecule has 0 aromatic carbocycles. The van der Waals surface area contributed by atoms with E-state index in [0.29, 0.717) is 0 Å². The zero-order chi connectivity index (χ0) is 13.2. The van der Waals surface area contributed by atoms with Gasteiger partial charge < -0.3 is 10.1 Å². The maximum absolute atomic E-state index is 11.5. The van der Waals surface area contributed by atoms with Gasteiger partial charge in [0.05, 0.1) is 18.5 Å². The molecular formula is C12H13N5O2. The average molecular weight is 259 g/mol. The summed E-state index contributed by atoms with van der Waals surface area (Å²) < 4.78 is 6.42. The molecule has 1 aliphatic heterocycles. The maximum atomic E-state index is 11.5. The van der Waals surface area contributed by atoms with Crippen LogP contribution >= 0.6 is 0 Å². The van der Waals surface area contributed by atoms with Gasteiger partial charge in [-0.2, -0.15) is 0 Å². The van der Waals surface area contributed by atoms with Gasteiger partial charge in [-0.1, -0.05) is 5.21 Å². The van der Waals surface area contributed by atoms with E-state index in [1.54, 1.807) is 23.0 Å². The SMILES string of the molecule is COC(=O)c1cc(-n2nnc3c2CCNC3)ccn1. The number of methoxy groups -OCH3 is 1. The largest absolute Gasteiger partial charge is 0.464 e. The van der Waals surface area contributed by atoms with Crippen LogP contribution in [0.5, 0.6) is 0 Å². The molecule has 98 valence electrons. The highest BCUT2D eigenvalue weighted by molar-refractivity contribution is 5.87. The zero-order valence-electron chi connectivity index (χ0n) is 10.5. The topological polar surface area (TPSA) is 81.9 Å². The minimum atomic E-state index is -0.461. The molecule has 2 aromatic rings. The van der Waals surface area contributed by atoms with Gasteiger partial charge in [0.2, 0.25) is 0 Å². The van der Waals surface area contributed by atoms with Crippen molar-refractivity contribution >= 4 is 5.97 Å². The number of carbonyl (C=O) groups is 1. The van der Waals surface area contributed by atoms with Crippen LogP contribution in [0.4, 0.5) is 0 Å². The fourth-order valence-electron chi connectivity index (χ4n) is 2.11. The first-order valence-electron chi connectivity index (χ1n) is 5.98. The third-order valence-corrected chi connectivity index (χ3v) is 3.06. The quantitative estimate of drug-likeness (QED) is 0.770. The van der Waals surface area contributed by atoms with E-state index in [1.165, 1.54) is 7.11 Å². The summed E-state index contributed by atoms with van der Waals surface area (Å²) in [6.07, 6.45) is 2.43. The van der Waals surface area contributed by atoms with E-state index in [0.717, 1.165) is 36.6 Å². The number of nitrogens with one attached hydrogen (secondary N) is 1. The summed E-state index contributed by atoms with van der Waals surface area (Å²) in [5, 5.41) is 11.5. The third-order valence-electron chi connectivity index (χ3n) is 3.06. The lowest BCUT2D eigenvalue weighted by molar-refractivity contribution is 0.0594. The fraction of sp³-hybridized carbons (Fsp3) is 0.333. The van der Waals surface area contributed by atoms with E-state index >= 15 is 0 Å². The number of hydrogen-bond donors (Lipinski definition) is 1. The van der Waals surface area contributed by atoms with Crippen LogP contribution in [0.2, 0.25) is 0 Å². The first-order valence-corrected chi connectivity index (χ1v) is 5.98. The Morgan fingerprint density at radius 2 is 2.42 bits per heavy atom. The molecule has 2 aromatic heterocycles. The lowest BCUT2D eigenvalue weighted by Gasteiger charge is -2.13. The highest BCUT2D eigenvalue weighted by Crippen LogP contribution is 2.16. The van der Waals surface area contributed by atoms with Crippen molar-refractivity contribution < 1.29 is 9.53 Å². The summed E-state index contributed by atoms with van der Waals surface area (Å²) in [7, 11) is 1.33. The molecule has 0 bridgehead atoms. The van der Waals surface area contributed by atoms with Crippen LogP contribution in [0.1, 0.15) is 21.9 Å². The molecule has 0 aliphatic carbocycles. The molecule has 0 fully saturated rings. The van der Waals surface area contributed by atoms with Crippen LogP contribution in [0.3, 0.4) is 0 Å². The summed E-state index contributed by atoms with van der Waals surface area (Å²) in [5.41, 5.74) is 3.05. The molecule has 0 spiro atoms. The van der Waals surface area contributed by atoms with Crippen LogP contribution in [0, 0.1) is 0 Å². The molecule has 0 radical (unpaired) electrons. The van der Waals surface area contributed by atoms with Crippen molar-refractivity contribution in [3.63, 3.8) is 0 Å². The Bertz CT molecular complexity index is 622. The smallest absolute Gasteiger partial charge is 0.356 e. The number of carbonyl (C=O) groups excluding carboxylic acids is 1. The fourth-order valence-corrected chi connectivity index (χ4v) is 2.11. The maximum Gasteiger partial charge on any atom is 0.356 e. The van der Waals surface area contributed by atoms with Gasteiger partial charge in [-0.15, -0.1) is 5.10 Å². The lowest BCUT2D eigenvalue weighted by Crippen LogP contribution is -2.24. The number of fused-ring (bicyclic) bond motifs is 1. The van der Waals surface area contributed by atoms with Crippen molar-refractivity contribution in [1.82, 2.24) is 25.3 Å². The minimum absolute atomic E-state index is 0.262. The average Bonchev–Trinajstić information content (AvgIpc) is 2.90. The second-order valence-electron chi connectivity index (χ2n) is 4.21. The van der Waals surface area contributed by atoms with Gasteiger partial charge in [0.1, 0.15) is 11.4 Å². The molecular weight excluding hydrogens is 246 g/mol. The highest BCUT2D eigenvalue weighted by Gasteiger charge is 2.18. The van der Waals surface area contributed by atoms with Crippen LogP contribution in [0.15, 0.2) is 18.3 Å². The monoisotopic (exact) mass is 259 g/mol. The first kappa shape index (κ1) is 11.8. The Labute approximate surface area is 109 Å². The van der Waals surface area contributed by atoms with Crippen molar-refractivity contribution in [3.8, 4) is 5.69 Å². The summed E-state index contributed by atoms with van der Waals surface area (Å²) in [4.78, 5) is 15.5. The third kappa shape index (κ3) is 2.08. The second kappa shape index (κ2) is 4.77. The van der Waals surface area contributed by atoms with E-state index in [-0.39, 0.29) is 5.69 Å². The van der Waals surface area contributed by atoms with Gasteiger partial charge in [0.25, 0.3) is 0 Å². The molecule has 0 amide bonds. The Balaban J connectivity index is 2.02. The Morgan fingerprint density at radius 3 is 3.26 bits per heavy atom. The number of esters is 1. The van der Waals surface area contributed by atoms with Crippen LogP contribution in [-0.4, -0.2) is 39.6 Å². The molecule has 0 saturated carbocycles. The van der Waals surface area contributed by atoms with Gasteiger partial charge in [-0.25, -0.2) is 14.5 Å². The van der Waals surface area contributed by atoms with Gasteiger partial charge in [0, 0.05) is 25.7 Å². The van der Waals surface area contributed by atoms with Crippen molar-refractivity contribution in [3.05, 3.63) is 35.4 Å². The molecule has 7 heteroatoms. The number of pyridine rings is 1. The van der Waals surface area contributed by atoms with E-state index in [1.807, 2.05) is 0 Å². The van der Waals surface area contributed by atoms with Gasteiger partial charge in [-0.3, -0.25) is 0 Å². The molecule has 0 unspecified atom stereocenters.